The number of aromatic nitrogens is 1. The molecule has 232 valence electrons. The van der Waals surface area contributed by atoms with E-state index in [0.717, 1.165) is 16.7 Å². The summed E-state index contributed by atoms with van der Waals surface area (Å²) in [7, 11) is -2.04. The van der Waals surface area contributed by atoms with Crippen molar-refractivity contribution in [2.45, 2.75) is 49.3 Å². The molecule has 3 heterocycles. The smallest absolute Gasteiger partial charge is 0.275 e. The van der Waals surface area contributed by atoms with Gasteiger partial charge in [-0.05, 0) is 46.5 Å². The lowest BCUT2D eigenvalue weighted by Crippen LogP contribution is -2.35. The Morgan fingerprint density at radius 2 is 1.19 bits per heavy atom. The van der Waals surface area contributed by atoms with E-state index in [1.807, 2.05) is 0 Å². The molecular weight excluding hydrogens is 771 g/mol. The first-order valence-corrected chi connectivity index (χ1v) is 18.9. The molecule has 0 bridgehead atoms. The predicted octanol–water partition coefficient (Wildman–Crippen LogP) is 6.16. The van der Waals surface area contributed by atoms with Crippen LogP contribution >= 0.6 is 91.6 Å². The van der Waals surface area contributed by atoms with Gasteiger partial charge in [-0.3, -0.25) is 9.59 Å². The summed E-state index contributed by atoms with van der Waals surface area (Å²) in [5.74, 6) is -1.43. The van der Waals surface area contributed by atoms with Crippen molar-refractivity contribution in [3.63, 3.8) is 0 Å². The highest BCUT2D eigenvalue weighted by atomic mass is 35.7. The molecule has 0 radical (unpaired) electrons. The maximum atomic E-state index is 12.5. The van der Waals surface area contributed by atoms with Gasteiger partial charge in [0.15, 0.2) is 9.84 Å². The van der Waals surface area contributed by atoms with Crippen LogP contribution in [0.25, 0.3) is 0 Å². The monoisotopic (exact) mass is 785 g/mol. The summed E-state index contributed by atoms with van der Waals surface area (Å²) in [6.07, 6.45) is 1.57. The van der Waals surface area contributed by atoms with Gasteiger partial charge in [-0.15, -0.1) is 11.3 Å². The maximum absolute atomic E-state index is 12.5. The number of alkyl halides is 6. The number of carbonyl (C=O) groups is 2. The van der Waals surface area contributed by atoms with Crippen molar-refractivity contribution in [2.24, 2.45) is 0 Å². The lowest BCUT2D eigenvalue weighted by atomic mass is 10.1. The molecule has 9 nitrogen and oxygen atoms in total. The molecule has 43 heavy (non-hydrogen) atoms. The van der Waals surface area contributed by atoms with Crippen LogP contribution in [0, 0.1) is 0 Å². The van der Waals surface area contributed by atoms with E-state index in [2.05, 4.69) is 4.98 Å². The number of carbonyl (C=O) groups excluding carboxylic acids is 2. The Hall–Kier alpha value is -1.06. The van der Waals surface area contributed by atoms with Gasteiger partial charge in [0.1, 0.15) is 10.8 Å². The molecule has 0 unspecified atom stereocenters. The molecule has 2 aromatic carbocycles. The average Bonchev–Trinajstić information content (AvgIpc) is 3.64. The Morgan fingerprint density at radius 1 is 0.744 bits per heavy atom. The zero-order valence-electron chi connectivity index (χ0n) is 21.3. The maximum Gasteiger partial charge on any atom is 0.275 e. The van der Waals surface area contributed by atoms with Crippen LogP contribution in [0.15, 0.2) is 57.8 Å². The summed E-state index contributed by atoms with van der Waals surface area (Å²) in [5, 5.41) is 2.26. The van der Waals surface area contributed by atoms with Crippen molar-refractivity contribution in [2.75, 3.05) is 0 Å². The number of hydrogen-bond donors (Lipinski definition) is 0. The molecule has 2 aliphatic rings. The van der Waals surface area contributed by atoms with Crippen LogP contribution in [0.4, 0.5) is 0 Å². The summed E-state index contributed by atoms with van der Waals surface area (Å²) in [6.45, 7) is 0.949. The van der Waals surface area contributed by atoms with E-state index in [-0.39, 0.29) is 41.7 Å². The Bertz CT molecular complexity index is 1770. The van der Waals surface area contributed by atoms with E-state index in [0.29, 0.717) is 10.6 Å². The van der Waals surface area contributed by atoms with Crippen LogP contribution in [0.5, 0.6) is 0 Å². The first-order chi connectivity index (χ1) is 19.8. The quantitative estimate of drug-likeness (QED) is 0.230. The SMILES string of the molecule is O=C(N1Cc2ccc(S(=O)(=O)Cc3nccs3)cc2C1)C(Cl)(Cl)Cl.O=C(N1Cc2ccc(S(=O)(=O)Cl)cc2C1)C(Cl)(Cl)Cl. The molecule has 3 aromatic rings. The van der Waals surface area contributed by atoms with Gasteiger partial charge >= 0.3 is 0 Å². The topological polar surface area (TPSA) is 122 Å². The van der Waals surface area contributed by atoms with Gasteiger partial charge in [0, 0.05) is 48.4 Å². The predicted molar refractivity (Wildman–Crippen MR) is 168 cm³/mol. The number of benzene rings is 2. The van der Waals surface area contributed by atoms with Crippen LogP contribution in [0.3, 0.4) is 0 Å². The third-order valence-corrected chi connectivity index (χ3v) is 11.2. The average molecular weight is 789 g/mol. The van der Waals surface area contributed by atoms with E-state index in [4.69, 9.17) is 80.3 Å². The van der Waals surface area contributed by atoms with Gasteiger partial charge in [-0.2, -0.15) is 0 Å². The Morgan fingerprint density at radius 3 is 1.60 bits per heavy atom. The van der Waals surface area contributed by atoms with E-state index < -0.39 is 38.3 Å². The van der Waals surface area contributed by atoms with Crippen LogP contribution < -0.4 is 0 Å². The van der Waals surface area contributed by atoms with E-state index in [1.54, 1.807) is 29.8 Å². The van der Waals surface area contributed by atoms with Crippen LogP contribution in [-0.4, -0.2) is 51.0 Å². The lowest BCUT2D eigenvalue weighted by Gasteiger charge is -2.20. The Kier molecular flexibility index (Phi) is 10.5. The number of hydrogen-bond acceptors (Lipinski definition) is 8. The highest BCUT2D eigenvalue weighted by Crippen LogP contribution is 2.35. The van der Waals surface area contributed by atoms with E-state index in [9.17, 15) is 26.4 Å². The van der Waals surface area contributed by atoms with Crippen LogP contribution in [0.2, 0.25) is 0 Å². The summed E-state index contributed by atoms with van der Waals surface area (Å²) < 4.78 is 43.4. The second-order valence-corrected chi connectivity index (χ2v) is 19.4. The number of fused-ring (bicyclic) bond motifs is 2. The molecule has 2 aliphatic heterocycles. The molecule has 5 rings (SSSR count). The fourth-order valence-electron chi connectivity index (χ4n) is 4.30. The van der Waals surface area contributed by atoms with Gasteiger partial charge < -0.3 is 9.80 Å². The second kappa shape index (κ2) is 13.0. The largest absolute Gasteiger partial charge is 0.330 e. The first-order valence-electron chi connectivity index (χ1n) is 11.8. The summed E-state index contributed by atoms with van der Waals surface area (Å²) in [4.78, 5) is 30.7. The van der Waals surface area contributed by atoms with Crippen molar-refractivity contribution in [3.8, 4) is 0 Å². The first kappa shape index (κ1) is 34.8. The zero-order chi connectivity index (χ0) is 32.0. The van der Waals surface area contributed by atoms with E-state index in [1.165, 1.54) is 39.3 Å². The van der Waals surface area contributed by atoms with E-state index >= 15 is 0 Å². The number of amides is 2. The Labute approximate surface area is 285 Å². The van der Waals surface area contributed by atoms with Crippen molar-refractivity contribution in [3.05, 3.63) is 75.2 Å². The summed E-state index contributed by atoms with van der Waals surface area (Å²) in [6, 6.07) is 9.19. The number of halogens is 7. The van der Waals surface area contributed by atoms with Crippen molar-refractivity contribution >= 4 is 122 Å². The van der Waals surface area contributed by atoms with Crippen LogP contribution in [-0.2, 0) is 60.4 Å². The normalized spacial score (nSPS) is 15.0. The van der Waals surface area contributed by atoms with Crippen molar-refractivity contribution < 1.29 is 26.4 Å². The standard InChI is InChI=1S/C14H11Cl3N2O3S2.C10H7Cl4NO3S/c15-14(16,17)13(20)19-6-9-1-2-11(5-10(9)7-19)24(21,22)8-12-18-3-4-23-12;11-10(12,13)9(16)15-4-6-1-2-8(19(14,17)18)3-7(6)5-15/h1-5H,6-8H2;1-3H,4-5H2. The highest BCUT2D eigenvalue weighted by molar-refractivity contribution is 8.13. The number of thiazole rings is 1. The molecule has 1 aromatic heterocycles. The second-order valence-electron chi connectivity index (χ2n) is 9.30. The van der Waals surface area contributed by atoms with Gasteiger partial charge in [-0.25, -0.2) is 21.8 Å². The van der Waals surface area contributed by atoms with Crippen molar-refractivity contribution in [1.82, 2.24) is 14.8 Å². The van der Waals surface area contributed by atoms with Gasteiger partial charge in [0.25, 0.3) is 28.5 Å². The molecular formula is C24H18Cl7N3O6S3. The molecule has 0 N–H and O–H groups in total. The minimum atomic E-state index is -3.80. The zero-order valence-corrected chi connectivity index (χ0v) is 29.1. The molecule has 0 fully saturated rings. The Balaban J connectivity index is 0.000000203. The molecule has 0 saturated heterocycles. The van der Waals surface area contributed by atoms with Crippen LogP contribution in [0.1, 0.15) is 27.3 Å². The lowest BCUT2D eigenvalue weighted by molar-refractivity contribution is -0.131. The number of nitrogens with zero attached hydrogens (tertiary/aromatic N) is 3. The molecule has 0 aliphatic carbocycles. The summed E-state index contributed by atoms with van der Waals surface area (Å²) >= 11 is 34.8. The molecule has 0 atom stereocenters. The molecule has 2 amide bonds. The molecule has 0 saturated carbocycles. The minimum absolute atomic E-state index is 0.0175. The highest BCUT2D eigenvalue weighted by Gasteiger charge is 2.39. The third-order valence-electron chi connectivity index (χ3n) is 6.30. The van der Waals surface area contributed by atoms with Gasteiger partial charge in [0.2, 0.25) is 0 Å². The summed E-state index contributed by atoms with van der Waals surface area (Å²) in [5.41, 5.74) is 3.04. The number of sulfone groups is 1. The third kappa shape index (κ3) is 8.60. The molecule has 0 spiro atoms. The fraction of sp³-hybridized carbons (Fsp3) is 0.292. The van der Waals surface area contributed by atoms with Gasteiger partial charge in [-0.1, -0.05) is 81.7 Å². The molecule has 19 heteroatoms. The fourth-order valence-corrected chi connectivity index (χ4v) is 8.12. The van der Waals surface area contributed by atoms with Crippen molar-refractivity contribution in [1.29, 1.82) is 0 Å². The number of rotatable bonds is 4. The minimum Gasteiger partial charge on any atom is -0.330 e. The van der Waals surface area contributed by atoms with Gasteiger partial charge in [0.05, 0.1) is 9.79 Å².